The molecule has 6 nitrogen and oxygen atoms in total. The summed E-state index contributed by atoms with van der Waals surface area (Å²) in [6.07, 6.45) is 0. The van der Waals surface area contributed by atoms with E-state index in [4.69, 9.17) is 16.2 Å². The Balaban J connectivity index is 2.49. The molecule has 0 fully saturated rings. The van der Waals surface area contributed by atoms with Crippen LogP contribution < -0.4 is 5.32 Å². The minimum atomic E-state index is -4.77. The van der Waals surface area contributed by atoms with Crippen molar-refractivity contribution in [2.75, 3.05) is 11.9 Å². The predicted molar refractivity (Wildman–Crippen MR) is 64.2 cm³/mol. The Morgan fingerprint density at radius 2 is 2.18 bits per heavy atom. The van der Waals surface area contributed by atoms with Gasteiger partial charge >= 0.3 is 10.4 Å². The average molecular weight is 345 g/mol. The van der Waals surface area contributed by atoms with Crippen molar-refractivity contribution in [3.8, 4) is 0 Å². The van der Waals surface area contributed by atoms with Crippen LogP contribution in [0.25, 0.3) is 0 Å². The number of nitrogens with one attached hydrogen (secondary N) is 1. The lowest BCUT2D eigenvalue weighted by molar-refractivity contribution is -0.128. The number of anilines is 1. The van der Waals surface area contributed by atoms with Gasteiger partial charge in [-0.15, -0.1) is 0 Å². The van der Waals surface area contributed by atoms with Crippen LogP contribution >= 0.6 is 27.5 Å². The van der Waals surface area contributed by atoms with Gasteiger partial charge in [-0.1, -0.05) is 11.6 Å². The van der Waals surface area contributed by atoms with E-state index in [1.165, 1.54) is 12.1 Å². The maximum atomic E-state index is 10.7. The number of β-amino-alcohol motifs (C(OH)–C–C–N with tert-alkyl or cyclic N) is 1. The molecule has 0 spiro atoms. The fourth-order valence-corrected chi connectivity index (χ4v) is 2.58. The first kappa shape index (κ1) is 13.1. The molecular weight excluding hydrogens is 338 g/mol. The monoisotopic (exact) mass is 343 g/mol. The zero-order valence-corrected chi connectivity index (χ0v) is 11.3. The summed E-state index contributed by atoms with van der Waals surface area (Å²) in [6, 6.07) is 2.93. The third kappa shape index (κ3) is 2.56. The molecule has 1 aliphatic rings. The van der Waals surface area contributed by atoms with Crippen LogP contribution in [0.3, 0.4) is 0 Å². The van der Waals surface area contributed by atoms with Crippen LogP contribution in [0.15, 0.2) is 16.6 Å². The van der Waals surface area contributed by atoms with Crippen molar-refractivity contribution >= 4 is 43.6 Å². The van der Waals surface area contributed by atoms with Crippen molar-refractivity contribution in [1.82, 2.24) is 0 Å². The van der Waals surface area contributed by atoms with Gasteiger partial charge in [0.05, 0.1) is 11.6 Å². The molecule has 0 amide bonds. The van der Waals surface area contributed by atoms with Crippen LogP contribution in [-0.2, 0) is 20.4 Å². The number of hydrogen-bond donors (Lipinski definition) is 3. The molecule has 2 rings (SSSR count). The molecule has 94 valence electrons. The van der Waals surface area contributed by atoms with E-state index < -0.39 is 16.2 Å². The number of rotatable bonds is 2. The lowest BCUT2D eigenvalue weighted by Crippen LogP contribution is -2.33. The molecule has 1 unspecified atom stereocenters. The van der Waals surface area contributed by atoms with Crippen molar-refractivity contribution in [3.05, 3.63) is 27.2 Å². The molecule has 0 bridgehead atoms. The molecule has 9 heteroatoms. The minimum absolute atomic E-state index is 0.173. The number of aliphatic hydroxyl groups is 1. The van der Waals surface area contributed by atoms with Gasteiger partial charge in [0, 0.05) is 15.7 Å². The van der Waals surface area contributed by atoms with Crippen molar-refractivity contribution in [2.24, 2.45) is 0 Å². The van der Waals surface area contributed by atoms with Gasteiger partial charge in [0.15, 0.2) is 0 Å². The van der Waals surface area contributed by atoms with Gasteiger partial charge in [0.1, 0.15) is 0 Å². The second kappa shape index (κ2) is 4.08. The van der Waals surface area contributed by atoms with Gasteiger partial charge in [0.25, 0.3) is 0 Å². The van der Waals surface area contributed by atoms with Crippen LogP contribution in [0.1, 0.15) is 5.56 Å². The smallest absolute Gasteiger partial charge is 0.379 e. The maximum absolute atomic E-state index is 10.7. The highest BCUT2D eigenvalue weighted by atomic mass is 79.9. The van der Waals surface area contributed by atoms with Gasteiger partial charge in [0.2, 0.25) is 5.79 Å². The van der Waals surface area contributed by atoms with Gasteiger partial charge < -0.3 is 10.4 Å². The molecule has 0 saturated heterocycles. The van der Waals surface area contributed by atoms with Crippen LogP contribution in [0.2, 0.25) is 5.02 Å². The number of hydrogen-bond acceptors (Lipinski definition) is 5. The Bertz CT molecular complexity index is 578. The summed E-state index contributed by atoms with van der Waals surface area (Å²) in [6.45, 7) is -0.213. The normalized spacial score (nSPS) is 23.3. The van der Waals surface area contributed by atoms with Gasteiger partial charge in [-0.3, -0.25) is 4.55 Å². The molecule has 0 radical (unpaired) electrons. The zero-order valence-electron chi connectivity index (χ0n) is 8.15. The molecule has 1 heterocycles. The first-order chi connectivity index (χ1) is 7.71. The van der Waals surface area contributed by atoms with Crippen LogP contribution in [0.4, 0.5) is 5.69 Å². The average Bonchev–Trinajstić information content (AvgIpc) is 2.43. The van der Waals surface area contributed by atoms with Crippen molar-refractivity contribution in [2.45, 2.75) is 5.79 Å². The minimum Gasteiger partial charge on any atom is -0.379 e. The van der Waals surface area contributed by atoms with Crippen LogP contribution in [0.5, 0.6) is 0 Å². The Kier molecular flexibility index (Phi) is 3.13. The summed E-state index contributed by atoms with van der Waals surface area (Å²) in [5, 5.41) is 13.1. The maximum Gasteiger partial charge on any atom is 0.400 e. The SMILES string of the molecule is O=S(=O)(O)OC1(O)CNc2cc(Cl)c(Br)cc21. The standard InChI is InChI=1S/C8H7BrClNO5S/c9-5-1-4-7(2-6(5)10)11-3-8(4,12)16-17(13,14)15/h1-2,11-12H,3H2,(H,13,14,15). The third-order valence-electron chi connectivity index (χ3n) is 2.24. The fourth-order valence-electron chi connectivity index (χ4n) is 1.58. The summed E-state index contributed by atoms with van der Waals surface area (Å²) in [5.41, 5.74) is 0.607. The molecule has 1 aliphatic heterocycles. The van der Waals surface area contributed by atoms with Crippen LogP contribution in [0, 0.1) is 0 Å². The van der Waals surface area contributed by atoms with E-state index in [0.29, 0.717) is 15.2 Å². The topological polar surface area (TPSA) is 95.9 Å². The Hall–Kier alpha value is -0.380. The highest BCUT2D eigenvalue weighted by Crippen LogP contribution is 2.41. The lowest BCUT2D eigenvalue weighted by atomic mass is 10.1. The Morgan fingerprint density at radius 1 is 1.53 bits per heavy atom. The van der Waals surface area contributed by atoms with E-state index in [1.54, 1.807) is 0 Å². The van der Waals surface area contributed by atoms with E-state index in [1.807, 2.05) is 0 Å². The largest absolute Gasteiger partial charge is 0.400 e. The first-order valence-corrected chi connectivity index (χ1v) is 6.89. The second-order valence-electron chi connectivity index (χ2n) is 3.46. The summed E-state index contributed by atoms with van der Waals surface area (Å²) in [7, 11) is -4.77. The number of fused-ring (bicyclic) bond motifs is 1. The first-order valence-electron chi connectivity index (χ1n) is 4.35. The molecule has 1 atom stereocenters. The molecule has 0 aromatic heterocycles. The van der Waals surface area contributed by atoms with E-state index in [2.05, 4.69) is 25.4 Å². The summed E-state index contributed by atoms with van der Waals surface area (Å²) < 4.78 is 34.7. The summed E-state index contributed by atoms with van der Waals surface area (Å²) in [5.74, 6) is -2.14. The Labute approximate surface area is 111 Å². The lowest BCUT2D eigenvalue weighted by Gasteiger charge is -2.20. The van der Waals surface area contributed by atoms with E-state index in [9.17, 15) is 13.5 Å². The van der Waals surface area contributed by atoms with Crippen LogP contribution in [-0.4, -0.2) is 24.6 Å². The molecule has 0 aliphatic carbocycles. The quantitative estimate of drug-likeness (QED) is 0.556. The van der Waals surface area contributed by atoms with E-state index >= 15 is 0 Å². The van der Waals surface area contributed by atoms with E-state index in [-0.39, 0.29) is 12.1 Å². The van der Waals surface area contributed by atoms with Crippen molar-refractivity contribution < 1.29 is 22.3 Å². The number of benzene rings is 1. The highest BCUT2D eigenvalue weighted by molar-refractivity contribution is 9.10. The predicted octanol–water partition coefficient (Wildman–Crippen LogP) is 1.49. The molecule has 17 heavy (non-hydrogen) atoms. The molecule has 1 aromatic rings. The van der Waals surface area contributed by atoms with Gasteiger partial charge in [-0.2, -0.15) is 8.42 Å². The second-order valence-corrected chi connectivity index (χ2v) is 5.74. The molecule has 0 saturated carbocycles. The Morgan fingerprint density at radius 3 is 2.76 bits per heavy atom. The molecule has 1 aromatic carbocycles. The zero-order chi connectivity index (χ0) is 12.8. The van der Waals surface area contributed by atoms with Crippen molar-refractivity contribution in [3.63, 3.8) is 0 Å². The third-order valence-corrected chi connectivity index (χ3v) is 3.93. The summed E-state index contributed by atoms with van der Waals surface area (Å²) in [4.78, 5) is 0. The molecule has 3 N–H and O–H groups in total. The van der Waals surface area contributed by atoms with E-state index in [0.717, 1.165) is 0 Å². The molecular formula is C8H7BrClNO5S. The van der Waals surface area contributed by atoms with Gasteiger partial charge in [-0.05, 0) is 28.1 Å². The highest BCUT2D eigenvalue weighted by Gasteiger charge is 2.42. The van der Waals surface area contributed by atoms with Crippen molar-refractivity contribution in [1.29, 1.82) is 0 Å². The fraction of sp³-hybridized carbons (Fsp3) is 0.250. The van der Waals surface area contributed by atoms with Gasteiger partial charge in [-0.25, -0.2) is 4.18 Å². The summed E-state index contributed by atoms with van der Waals surface area (Å²) >= 11 is 8.98. The number of halogens is 2.